The number of aryl methyl sites for hydroxylation is 2. The summed E-state index contributed by atoms with van der Waals surface area (Å²) in [5, 5.41) is 27.3. The number of phenolic OH excluding ortho intramolecular Hbond substituents is 2. The normalized spacial score (nSPS) is 10.9. The molecule has 7 heteroatoms. The van der Waals surface area contributed by atoms with Gasteiger partial charge in [-0.25, -0.2) is 4.79 Å². The maximum Gasteiger partial charge on any atom is 0.373 e. The van der Waals surface area contributed by atoms with Gasteiger partial charge in [-0.1, -0.05) is 0 Å². The number of hydrogen-bond donors (Lipinski definition) is 3. The Morgan fingerprint density at radius 3 is 2.60 bits per heavy atom. The van der Waals surface area contributed by atoms with Crippen LogP contribution in [0.3, 0.4) is 0 Å². The van der Waals surface area contributed by atoms with Crippen molar-refractivity contribution < 1.29 is 24.2 Å². The molecule has 7 nitrogen and oxygen atoms in total. The second-order valence-corrected chi connectivity index (χ2v) is 5.75. The van der Waals surface area contributed by atoms with Crippen LogP contribution in [-0.2, 0) is 4.74 Å². The molecule has 0 spiro atoms. The van der Waals surface area contributed by atoms with E-state index in [1.165, 1.54) is 13.2 Å². The summed E-state index contributed by atoms with van der Waals surface area (Å²) in [6.07, 6.45) is 0. The number of aromatic nitrogens is 2. The number of H-pyrrole nitrogens is 1. The molecule has 0 aliphatic carbocycles. The molecule has 0 unspecified atom stereocenters. The van der Waals surface area contributed by atoms with E-state index in [1.54, 1.807) is 26.0 Å². The van der Waals surface area contributed by atoms with Gasteiger partial charge in [0, 0.05) is 27.9 Å². The zero-order valence-electron chi connectivity index (χ0n) is 14.3. The molecule has 0 fully saturated rings. The molecule has 0 aliphatic heterocycles. The van der Waals surface area contributed by atoms with Crippen molar-refractivity contribution in [2.45, 2.75) is 20.8 Å². The molecule has 130 valence electrons. The Kier molecular flexibility index (Phi) is 4.00. The number of rotatable bonds is 3. The van der Waals surface area contributed by atoms with Crippen molar-refractivity contribution in [1.82, 2.24) is 10.2 Å². The molecule has 3 rings (SSSR count). The summed E-state index contributed by atoms with van der Waals surface area (Å²) in [6, 6.07) is 4.68. The number of furan rings is 1. The topological polar surface area (TPSA) is 109 Å². The number of benzene rings is 1. The standard InChI is InChI=1S/C18H18N2O5/c1-8-13(21)6-5-11(17(8)22)16-15(9(2)19-20-16)12-7-14(18(23)24-4)25-10(12)3/h5-7,21-22H,1-4H3,(H,19,20). The lowest BCUT2D eigenvalue weighted by atomic mass is 9.97. The molecule has 0 aliphatic rings. The van der Waals surface area contributed by atoms with Crippen LogP contribution in [0.25, 0.3) is 22.4 Å². The summed E-state index contributed by atoms with van der Waals surface area (Å²) < 4.78 is 10.2. The second kappa shape index (κ2) is 6.01. The van der Waals surface area contributed by atoms with Crippen LogP contribution < -0.4 is 0 Å². The van der Waals surface area contributed by atoms with Crippen molar-refractivity contribution in [1.29, 1.82) is 0 Å². The van der Waals surface area contributed by atoms with Crippen molar-refractivity contribution in [3.63, 3.8) is 0 Å². The van der Waals surface area contributed by atoms with Crippen LogP contribution in [0.1, 0.15) is 27.6 Å². The van der Waals surface area contributed by atoms with Gasteiger partial charge in [0.1, 0.15) is 23.0 Å². The molecule has 3 aromatic rings. The number of aromatic hydroxyl groups is 2. The molecule has 0 amide bonds. The van der Waals surface area contributed by atoms with Crippen LogP contribution in [0.2, 0.25) is 0 Å². The van der Waals surface area contributed by atoms with Crippen molar-refractivity contribution >= 4 is 5.97 Å². The van der Waals surface area contributed by atoms with Gasteiger partial charge < -0.3 is 19.4 Å². The highest BCUT2D eigenvalue weighted by molar-refractivity contribution is 5.92. The van der Waals surface area contributed by atoms with Gasteiger partial charge in [-0.2, -0.15) is 5.10 Å². The zero-order chi connectivity index (χ0) is 18.3. The fourth-order valence-corrected chi connectivity index (χ4v) is 2.77. The SMILES string of the molecule is COC(=O)c1cc(-c2c(-c3ccc(O)c(C)c3O)n[nH]c2C)c(C)o1. The minimum absolute atomic E-state index is 0.00234. The molecule has 3 N–H and O–H groups in total. The first-order valence-corrected chi connectivity index (χ1v) is 7.61. The maximum atomic E-state index is 11.7. The number of phenols is 2. The highest BCUT2D eigenvalue weighted by atomic mass is 16.5. The first kappa shape index (κ1) is 16.6. The van der Waals surface area contributed by atoms with Crippen molar-refractivity contribution in [3.8, 4) is 33.9 Å². The van der Waals surface area contributed by atoms with Crippen molar-refractivity contribution in [2.75, 3.05) is 7.11 Å². The van der Waals surface area contributed by atoms with Gasteiger partial charge in [0.15, 0.2) is 0 Å². The predicted octanol–water partition coefficient (Wildman–Crippen LogP) is 3.46. The van der Waals surface area contributed by atoms with Crippen molar-refractivity contribution in [2.24, 2.45) is 0 Å². The van der Waals surface area contributed by atoms with E-state index in [9.17, 15) is 15.0 Å². The summed E-state index contributed by atoms with van der Waals surface area (Å²) in [5.74, 6) is -0.00112. The molecular weight excluding hydrogens is 324 g/mol. The maximum absolute atomic E-state index is 11.7. The van der Waals surface area contributed by atoms with Crippen LogP contribution >= 0.6 is 0 Å². The number of ether oxygens (including phenoxy) is 1. The van der Waals surface area contributed by atoms with E-state index >= 15 is 0 Å². The molecule has 2 heterocycles. The van der Waals surface area contributed by atoms with E-state index in [4.69, 9.17) is 9.15 Å². The minimum Gasteiger partial charge on any atom is -0.508 e. The lowest BCUT2D eigenvalue weighted by Gasteiger charge is -2.09. The minimum atomic E-state index is -0.569. The molecule has 0 saturated heterocycles. The first-order chi connectivity index (χ1) is 11.8. The quantitative estimate of drug-likeness (QED) is 0.629. The summed E-state index contributed by atoms with van der Waals surface area (Å²) >= 11 is 0. The highest BCUT2D eigenvalue weighted by Gasteiger charge is 2.24. The van der Waals surface area contributed by atoms with Gasteiger partial charge in [0.2, 0.25) is 5.76 Å². The van der Waals surface area contributed by atoms with E-state index in [2.05, 4.69) is 10.2 Å². The van der Waals surface area contributed by atoms with E-state index in [0.29, 0.717) is 33.7 Å². The molecule has 0 saturated carbocycles. The van der Waals surface area contributed by atoms with E-state index in [1.807, 2.05) is 6.92 Å². The average molecular weight is 342 g/mol. The van der Waals surface area contributed by atoms with E-state index in [-0.39, 0.29) is 17.3 Å². The third kappa shape index (κ3) is 2.63. The lowest BCUT2D eigenvalue weighted by Crippen LogP contribution is -1.98. The van der Waals surface area contributed by atoms with Crippen LogP contribution in [-0.4, -0.2) is 33.5 Å². The van der Waals surface area contributed by atoms with Gasteiger partial charge in [-0.3, -0.25) is 5.10 Å². The van der Waals surface area contributed by atoms with Gasteiger partial charge >= 0.3 is 5.97 Å². The highest BCUT2D eigenvalue weighted by Crippen LogP contribution is 2.42. The summed E-state index contributed by atoms with van der Waals surface area (Å²) in [6.45, 7) is 5.19. The first-order valence-electron chi connectivity index (χ1n) is 7.61. The smallest absolute Gasteiger partial charge is 0.373 e. The number of carbonyl (C=O) groups is 1. The number of esters is 1. The average Bonchev–Trinajstić information content (AvgIpc) is 3.15. The lowest BCUT2D eigenvalue weighted by molar-refractivity contribution is 0.0563. The number of methoxy groups -OCH3 is 1. The Bertz CT molecular complexity index is 968. The third-order valence-corrected chi connectivity index (χ3v) is 4.18. The second-order valence-electron chi connectivity index (χ2n) is 5.75. The van der Waals surface area contributed by atoms with Crippen molar-refractivity contribution in [3.05, 3.63) is 41.0 Å². The van der Waals surface area contributed by atoms with Gasteiger partial charge in [-0.05, 0) is 39.0 Å². The number of nitrogens with zero attached hydrogens (tertiary/aromatic N) is 1. The number of aromatic amines is 1. The molecule has 0 radical (unpaired) electrons. The van der Waals surface area contributed by atoms with Crippen LogP contribution in [0.15, 0.2) is 22.6 Å². The third-order valence-electron chi connectivity index (χ3n) is 4.18. The zero-order valence-corrected chi connectivity index (χ0v) is 14.3. The van der Waals surface area contributed by atoms with Gasteiger partial charge in [0.25, 0.3) is 0 Å². The number of hydrogen-bond acceptors (Lipinski definition) is 6. The molecule has 1 aromatic carbocycles. The Hall–Kier alpha value is -3.22. The number of nitrogens with one attached hydrogen (secondary N) is 1. The van der Waals surface area contributed by atoms with Crippen LogP contribution in [0.4, 0.5) is 0 Å². The fourth-order valence-electron chi connectivity index (χ4n) is 2.77. The Morgan fingerprint density at radius 1 is 1.20 bits per heavy atom. The Morgan fingerprint density at radius 2 is 1.92 bits per heavy atom. The van der Waals surface area contributed by atoms with Gasteiger partial charge in [-0.15, -0.1) is 0 Å². The Labute approximate surface area is 143 Å². The Balaban J connectivity index is 2.21. The van der Waals surface area contributed by atoms with E-state index < -0.39 is 5.97 Å². The van der Waals surface area contributed by atoms with Gasteiger partial charge in [0.05, 0.1) is 7.11 Å². The number of carbonyl (C=O) groups excluding carboxylic acids is 1. The largest absolute Gasteiger partial charge is 0.508 e. The molecule has 25 heavy (non-hydrogen) atoms. The predicted molar refractivity (Wildman–Crippen MR) is 90.6 cm³/mol. The van der Waals surface area contributed by atoms with Crippen LogP contribution in [0, 0.1) is 20.8 Å². The van der Waals surface area contributed by atoms with Crippen LogP contribution in [0.5, 0.6) is 11.5 Å². The summed E-state index contributed by atoms with van der Waals surface area (Å²) in [7, 11) is 1.28. The molecule has 0 bridgehead atoms. The fraction of sp³-hybridized carbons (Fsp3) is 0.222. The summed E-state index contributed by atoms with van der Waals surface area (Å²) in [5.41, 5.74) is 3.46. The molecular formula is C18H18N2O5. The summed E-state index contributed by atoms with van der Waals surface area (Å²) in [4.78, 5) is 11.7. The van der Waals surface area contributed by atoms with E-state index in [0.717, 1.165) is 5.69 Å². The molecule has 0 atom stereocenters. The molecule has 2 aromatic heterocycles. The monoisotopic (exact) mass is 342 g/mol.